The molecule has 1 saturated carbocycles. The van der Waals surface area contributed by atoms with Gasteiger partial charge in [0.25, 0.3) is 10.0 Å². The largest absolute Gasteiger partial charge is 0.356 e. The molecule has 2 amide bonds. The average molecular weight is 510 g/mol. The predicted octanol–water partition coefficient (Wildman–Crippen LogP) is 4.60. The Labute approximate surface area is 203 Å². The number of amides is 2. The molecule has 4 rings (SSSR count). The smallest absolute Gasteiger partial charge is 0.266 e. The summed E-state index contributed by atoms with van der Waals surface area (Å²) in [7, 11) is -4.32. The highest BCUT2D eigenvalue weighted by Gasteiger charge is 2.42. The fourth-order valence-electron chi connectivity index (χ4n) is 4.42. The maximum atomic E-state index is 13.7. The molecule has 2 aromatic carbocycles. The second-order valence-electron chi connectivity index (χ2n) is 8.39. The summed E-state index contributed by atoms with van der Waals surface area (Å²) >= 11 is 12.3. The number of hydrogen-bond donors (Lipinski definition) is 2. The second-order valence-corrected chi connectivity index (χ2v) is 11.0. The Morgan fingerprint density at radius 3 is 2.55 bits per heavy atom. The van der Waals surface area contributed by atoms with Gasteiger partial charge in [-0.05, 0) is 43.0 Å². The summed E-state index contributed by atoms with van der Waals surface area (Å²) in [5.74, 6) is -0.547. The molecule has 1 fully saturated rings. The molecule has 0 spiro atoms. The number of benzene rings is 2. The molecule has 1 atom stereocenters. The van der Waals surface area contributed by atoms with Crippen molar-refractivity contribution in [3.8, 4) is 0 Å². The molecule has 0 saturated heterocycles. The van der Waals surface area contributed by atoms with E-state index in [1.54, 1.807) is 24.3 Å². The molecule has 1 aliphatic carbocycles. The minimum atomic E-state index is -4.32. The number of rotatable bonds is 6. The third-order valence-corrected chi connectivity index (χ3v) is 8.93. The summed E-state index contributed by atoms with van der Waals surface area (Å²) in [5.41, 5.74) is 0.598. The second kappa shape index (κ2) is 9.91. The molecule has 2 N–H and O–H groups in total. The Hall–Kier alpha value is -2.29. The summed E-state index contributed by atoms with van der Waals surface area (Å²) in [6, 6.07) is 9.56. The normalized spacial score (nSPS) is 19.0. The van der Waals surface area contributed by atoms with Crippen LogP contribution in [0.25, 0.3) is 0 Å². The van der Waals surface area contributed by atoms with E-state index in [9.17, 15) is 18.0 Å². The Kier molecular flexibility index (Phi) is 7.16. The lowest BCUT2D eigenvalue weighted by Crippen LogP contribution is -2.53. The predicted molar refractivity (Wildman–Crippen MR) is 129 cm³/mol. The lowest BCUT2D eigenvalue weighted by molar-refractivity contribution is -0.125. The third-order valence-electron chi connectivity index (χ3n) is 6.13. The fraction of sp³-hybridized carbons (Fsp3) is 0.391. The summed E-state index contributed by atoms with van der Waals surface area (Å²) in [6.45, 7) is 0.524. The number of hydrogen-bond acceptors (Lipinski definition) is 4. The zero-order valence-electron chi connectivity index (χ0n) is 17.9. The van der Waals surface area contributed by atoms with E-state index < -0.39 is 22.0 Å². The van der Waals surface area contributed by atoms with Gasteiger partial charge in [-0.25, -0.2) is 8.42 Å². The Bertz CT molecular complexity index is 1170. The standard InChI is InChI=1S/C23H25Cl2N3O4S/c24-16-9-6-12-20(22(16)25)33(31,32)28-18-11-5-4-10-17(18)27-23(30)19(28)13-21(29)26-14-15-7-2-1-3-8-15/h4-6,9-12,15,19H,1-3,7-8,13-14H2,(H,26,29)(H,27,30). The van der Waals surface area contributed by atoms with Crippen LogP contribution < -0.4 is 14.9 Å². The Morgan fingerprint density at radius 2 is 1.79 bits per heavy atom. The van der Waals surface area contributed by atoms with Crippen molar-refractivity contribution in [2.45, 2.75) is 49.5 Å². The summed E-state index contributed by atoms with van der Waals surface area (Å²) < 4.78 is 28.5. The van der Waals surface area contributed by atoms with Gasteiger partial charge in [0.15, 0.2) is 0 Å². The zero-order valence-corrected chi connectivity index (χ0v) is 20.2. The van der Waals surface area contributed by atoms with Crippen LogP contribution >= 0.6 is 23.2 Å². The van der Waals surface area contributed by atoms with Gasteiger partial charge in [0.1, 0.15) is 10.9 Å². The van der Waals surface area contributed by atoms with Gasteiger partial charge in [-0.2, -0.15) is 0 Å². The van der Waals surface area contributed by atoms with Crippen molar-refractivity contribution in [3.05, 3.63) is 52.5 Å². The molecule has 33 heavy (non-hydrogen) atoms. The molecule has 2 aromatic rings. The van der Waals surface area contributed by atoms with Gasteiger partial charge < -0.3 is 10.6 Å². The Morgan fingerprint density at radius 1 is 1.06 bits per heavy atom. The van der Waals surface area contributed by atoms with Crippen molar-refractivity contribution in [1.82, 2.24) is 5.32 Å². The lowest BCUT2D eigenvalue weighted by atomic mass is 9.89. The highest BCUT2D eigenvalue weighted by Crippen LogP contribution is 2.39. The molecular weight excluding hydrogens is 485 g/mol. The highest BCUT2D eigenvalue weighted by molar-refractivity contribution is 7.93. The number of anilines is 2. The van der Waals surface area contributed by atoms with E-state index in [2.05, 4.69) is 10.6 Å². The molecule has 176 valence electrons. The minimum Gasteiger partial charge on any atom is -0.356 e. The molecular formula is C23H25Cl2N3O4S. The van der Waals surface area contributed by atoms with Crippen LogP contribution in [0.5, 0.6) is 0 Å². The SMILES string of the molecule is O=C(CC1C(=O)Nc2ccccc2N1S(=O)(=O)c1cccc(Cl)c1Cl)NCC1CCCCC1. The molecule has 0 aromatic heterocycles. The topological polar surface area (TPSA) is 95.6 Å². The third kappa shape index (κ3) is 4.98. The molecule has 1 heterocycles. The van der Waals surface area contributed by atoms with Crippen LogP contribution in [0.1, 0.15) is 38.5 Å². The number of nitrogens with zero attached hydrogens (tertiary/aromatic N) is 1. The first kappa shape index (κ1) is 23.9. The van der Waals surface area contributed by atoms with E-state index in [-0.39, 0.29) is 33.0 Å². The van der Waals surface area contributed by atoms with Crippen molar-refractivity contribution in [2.75, 3.05) is 16.2 Å². The first-order chi connectivity index (χ1) is 15.8. The molecule has 2 aliphatic rings. The molecule has 7 nitrogen and oxygen atoms in total. The molecule has 0 radical (unpaired) electrons. The first-order valence-electron chi connectivity index (χ1n) is 10.9. The maximum Gasteiger partial charge on any atom is 0.266 e. The van der Waals surface area contributed by atoms with Crippen LogP contribution in [0, 0.1) is 5.92 Å². The maximum absolute atomic E-state index is 13.7. The van der Waals surface area contributed by atoms with Gasteiger partial charge in [0.05, 0.1) is 27.8 Å². The lowest BCUT2D eigenvalue weighted by Gasteiger charge is -2.37. The Balaban J connectivity index is 1.65. The van der Waals surface area contributed by atoms with Crippen molar-refractivity contribution in [3.63, 3.8) is 0 Å². The summed E-state index contributed by atoms with van der Waals surface area (Å²) in [5, 5.41) is 5.55. The minimum absolute atomic E-state index is 0.0780. The van der Waals surface area contributed by atoms with E-state index in [1.165, 1.54) is 24.6 Å². The number of carbonyl (C=O) groups excluding carboxylic acids is 2. The van der Waals surface area contributed by atoms with E-state index >= 15 is 0 Å². The monoisotopic (exact) mass is 509 g/mol. The number of para-hydroxylation sites is 2. The van der Waals surface area contributed by atoms with E-state index in [0.717, 1.165) is 30.0 Å². The van der Waals surface area contributed by atoms with Crippen molar-refractivity contribution < 1.29 is 18.0 Å². The summed E-state index contributed by atoms with van der Waals surface area (Å²) in [6.07, 6.45) is 5.31. The van der Waals surface area contributed by atoms with Crippen LogP contribution in [0.15, 0.2) is 47.4 Å². The number of nitrogens with one attached hydrogen (secondary N) is 2. The van der Waals surface area contributed by atoms with Gasteiger partial charge in [-0.15, -0.1) is 0 Å². The van der Waals surface area contributed by atoms with E-state index in [0.29, 0.717) is 18.2 Å². The number of carbonyl (C=O) groups is 2. The van der Waals surface area contributed by atoms with Crippen LogP contribution in [-0.2, 0) is 19.6 Å². The van der Waals surface area contributed by atoms with Crippen molar-refractivity contribution in [1.29, 1.82) is 0 Å². The van der Waals surface area contributed by atoms with Crippen LogP contribution in [0.2, 0.25) is 10.0 Å². The fourth-order valence-corrected chi connectivity index (χ4v) is 6.79. The van der Waals surface area contributed by atoms with Gasteiger partial charge in [-0.3, -0.25) is 13.9 Å². The van der Waals surface area contributed by atoms with Gasteiger partial charge >= 0.3 is 0 Å². The molecule has 1 unspecified atom stereocenters. The molecule has 10 heteroatoms. The zero-order chi connectivity index (χ0) is 23.6. The van der Waals surface area contributed by atoms with Gasteiger partial charge in [0.2, 0.25) is 11.8 Å². The molecule has 0 bridgehead atoms. The van der Waals surface area contributed by atoms with Crippen molar-refractivity contribution >= 4 is 56.4 Å². The quantitative estimate of drug-likeness (QED) is 0.594. The number of halogens is 2. The van der Waals surface area contributed by atoms with Gasteiger partial charge in [0, 0.05) is 6.54 Å². The highest BCUT2D eigenvalue weighted by atomic mass is 35.5. The van der Waals surface area contributed by atoms with Crippen LogP contribution in [-0.4, -0.2) is 32.8 Å². The van der Waals surface area contributed by atoms with Crippen LogP contribution in [0.4, 0.5) is 11.4 Å². The van der Waals surface area contributed by atoms with Gasteiger partial charge in [-0.1, -0.05) is 60.7 Å². The first-order valence-corrected chi connectivity index (χ1v) is 13.1. The van der Waals surface area contributed by atoms with E-state index in [1.807, 2.05) is 0 Å². The number of fused-ring (bicyclic) bond motifs is 1. The van der Waals surface area contributed by atoms with Crippen molar-refractivity contribution in [2.24, 2.45) is 5.92 Å². The number of sulfonamides is 1. The average Bonchev–Trinajstić information content (AvgIpc) is 2.80. The summed E-state index contributed by atoms with van der Waals surface area (Å²) in [4.78, 5) is 25.5. The van der Waals surface area contributed by atoms with E-state index in [4.69, 9.17) is 23.2 Å². The van der Waals surface area contributed by atoms with Crippen LogP contribution in [0.3, 0.4) is 0 Å². The molecule has 1 aliphatic heterocycles.